The van der Waals surface area contributed by atoms with Crippen molar-refractivity contribution < 1.29 is 4.79 Å². The molecule has 0 saturated carbocycles. The second-order valence-corrected chi connectivity index (χ2v) is 10.3. The molecule has 2 aromatic rings. The fraction of sp³-hybridized carbons (Fsp3) is 0.600. The van der Waals surface area contributed by atoms with Crippen LogP contribution in [0.15, 0.2) is 5.16 Å². The lowest BCUT2D eigenvalue weighted by Gasteiger charge is -2.33. The van der Waals surface area contributed by atoms with E-state index in [0.29, 0.717) is 16.5 Å². The minimum Gasteiger partial charge on any atom is -0.316 e. The number of amides is 1. The molecule has 1 atom stereocenters. The van der Waals surface area contributed by atoms with Gasteiger partial charge in [-0.2, -0.15) is 5.26 Å². The summed E-state index contributed by atoms with van der Waals surface area (Å²) in [6, 6.07) is 2.32. The van der Waals surface area contributed by atoms with Crippen molar-refractivity contribution in [3.63, 3.8) is 0 Å². The second kappa shape index (κ2) is 8.26. The molecule has 6 nitrogen and oxygen atoms in total. The van der Waals surface area contributed by atoms with Crippen LogP contribution in [0.5, 0.6) is 0 Å². The molecule has 1 aliphatic carbocycles. The highest BCUT2D eigenvalue weighted by atomic mass is 32.2. The summed E-state index contributed by atoms with van der Waals surface area (Å²) in [7, 11) is 0. The summed E-state index contributed by atoms with van der Waals surface area (Å²) in [5, 5.41) is 22.3. The Labute approximate surface area is 174 Å². The molecular formula is C20H27N5OS2. The largest absolute Gasteiger partial charge is 0.316 e. The van der Waals surface area contributed by atoms with Gasteiger partial charge in [-0.05, 0) is 50.0 Å². The number of nitriles is 1. The molecule has 8 heteroatoms. The maximum atomic E-state index is 12.5. The minimum absolute atomic E-state index is 0.115. The Bertz CT molecular complexity index is 916. The summed E-state index contributed by atoms with van der Waals surface area (Å²) in [4.78, 5) is 13.8. The number of aryl methyl sites for hydroxylation is 1. The molecule has 0 bridgehead atoms. The number of carbonyl (C=O) groups is 1. The van der Waals surface area contributed by atoms with Crippen LogP contribution in [-0.4, -0.2) is 26.4 Å². The van der Waals surface area contributed by atoms with Gasteiger partial charge < -0.3 is 9.88 Å². The Kier molecular flexibility index (Phi) is 6.15. The highest BCUT2D eigenvalue weighted by Gasteiger charge is 2.32. The maximum absolute atomic E-state index is 12.5. The van der Waals surface area contributed by atoms with Crippen LogP contribution in [0.3, 0.4) is 0 Å². The number of nitrogens with one attached hydrogen (secondary N) is 1. The predicted octanol–water partition coefficient (Wildman–Crippen LogP) is 4.42. The number of thiophene rings is 1. The van der Waals surface area contributed by atoms with Gasteiger partial charge in [0.2, 0.25) is 5.91 Å². The first kappa shape index (κ1) is 20.9. The fourth-order valence-electron chi connectivity index (χ4n) is 3.66. The molecule has 0 spiro atoms. The van der Waals surface area contributed by atoms with Crippen LogP contribution < -0.4 is 5.32 Å². The van der Waals surface area contributed by atoms with E-state index < -0.39 is 0 Å². The summed E-state index contributed by atoms with van der Waals surface area (Å²) < 4.78 is 1.98. The third-order valence-electron chi connectivity index (χ3n) is 5.41. The van der Waals surface area contributed by atoms with Crippen molar-refractivity contribution in [1.82, 2.24) is 14.8 Å². The summed E-state index contributed by atoms with van der Waals surface area (Å²) >= 11 is 2.94. The Balaban J connectivity index is 1.70. The van der Waals surface area contributed by atoms with Crippen molar-refractivity contribution in [3.8, 4) is 6.07 Å². The number of hydrogen-bond acceptors (Lipinski definition) is 6. The van der Waals surface area contributed by atoms with E-state index in [1.165, 1.54) is 16.6 Å². The van der Waals surface area contributed by atoms with Gasteiger partial charge in [0, 0.05) is 11.4 Å². The van der Waals surface area contributed by atoms with Gasteiger partial charge in [-0.15, -0.1) is 21.5 Å². The van der Waals surface area contributed by atoms with E-state index in [4.69, 9.17) is 0 Å². The molecule has 0 saturated heterocycles. The summed E-state index contributed by atoms with van der Waals surface area (Å²) in [5.41, 5.74) is 2.04. The molecule has 1 aliphatic rings. The molecule has 1 N–H and O–H groups in total. The number of nitrogens with zero attached hydrogens (tertiary/aromatic N) is 4. The van der Waals surface area contributed by atoms with Crippen LogP contribution in [-0.2, 0) is 24.2 Å². The minimum atomic E-state index is -0.115. The van der Waals surface area contributed by atoms with Crippen molar-refractivity contribution >= 4 is 34.0 Å². The van der Waals surface area contributed by atoms with E-state index in [9.17, 15) is 10.1 Å². The molecule has 28 heavy (non-hydrogen) atoms. The lowest BCUT2D eigenvalue weighted by molar-refractivity contribution is -0.113. The molecule has 0 fully saturated rings. The van der Waals surface area contributed by atoms with Gasteiger partial charge in [0.1, 0.15) is 16.9 Å². The van der Waals surface area contributed by atoms with E-state index in [1.807, 2.05) is 18.4 Å². The zero-order valence-corrected chi connectivity index (χ0v) is 18.8. The first-order valence-electron chi connectivity index (χ1n) is 9.61. The third kappa shape index (κ3) is 4.26. The van der Waals surface area contributed by atoms with Crippen LogP contribution in [0.2, 0.25) is 0 Å². The normalized spacial score (nSPS) is 16.5. The third-order valence-corrected chi connectivity index (χ3v) is 7.54. The molecular weight excluding hydrogens is 390 g/mol. The molecule has 2 aromatic heterocycles. The van der Waals surface area contributed by atoms with Crippen molar-refractivity contribution in [3.05, 3.63) is 21.8 Å². The number of fused-ring (bicyclic) bond motifs is 1. The van der Waals surface area contributed by atoms with Gasteiger partial charge in [0.25, 0.3) is 0 Å². The lowest BCUT2D eigenvalue weighted by atomic mass is 9.72. The predicted molar refractivity (Wildman–Crippen MR) is 114 cm³/mol. The van der Waals surface area contributed by atoms with Crippen LogP contribution >= 0.6 is 23.1 Å². The van der Waals surface area contributed by atoms with Crippen LogP contribution in [0, 0.1) is 29.6 Å². The second-order valence-electron chi connectivity index (χ2n) is 8.24. The number of aromatic nitrogens is 3. The smallest absolute Gasteiger partial charge is 0.235 e. The molecule has 1 amide bonds. The van der Waals surface area contributed by atoms with Gasteiger partial charge in [0.15, 0.2) is 5.16 Å². The quantitative estimate of drug-likeness (QED) is 0.728. The SMILES string of the molecule is CCn1c(C)nnc1SCC(=O)Nc1sc2c(c1C#N)CC[C@H](C(C)(C)C)C2. The zero-order valence-electron chi connectivity index (χ0n) is 17.1. The standard InChI is InChI=1S/C20H27N5OS2/c1-6-25-12(2)23-24-19(25)27-11-17(26)22-18-15(10-21)14-8-7-13(20(3,4)5)9-16(14)28-18/h13H,6-9,11H2,1-5H3,(H,22,26)/t13-/m0/s1. The van der Waals surface area contributed by atoms with Gasteiger partial charge in [0.05, 0.1) is 11.3 Å². The number of hydrogen-bond donors (Lipinski definition) is 1. The number of anilines is 1. The molecule has 0 aliphatic heterocycles. The molecule has 2 heterocycles. The maximum Gasteiger partial charge on any atom is 0.235 e. The first-order valence-corrected chi connectivity index (χ1v) is 11.4. The summed E-state index contributed by atoms with van der Waals surface area (Å²) in [6.07, 6.45) is 3.00. The van der Waals surface area contributed by atoms with Crippen LogP contribution in [0.25, 0.3) is 0 Å². The van der Waals surface area contributed by atoms with Crippen LogP contribution in [0.4, 0.5) is 5.00 Å². The monoisotopic (exact) mass is 417 g/mol. The molecule has 0 aromatic carbocycles. The van der Waals surface area contributed by atoms with Crippen molar-refractivity contribution in [1.29, 1.82) is 5.26 Å². The first-order chi connectivity index (χ1) is 13.2. The van der Waals surface area contributed by atoms with Crippen molar-refractivity contribution in [2.24, 2.45) is 11.3 Å². The Morgan fingerprint density at radius 3 is 2.82 bits per heavy atom. The summed E-state index contributed by atoms with van der Waals surface area (Å²) in [6.45, 7) is 11.5. The van der Waals surface area contributed by atoms with Gasteiger partial charge in [-0.3, -0.25) is 4.79 Å². The topological polar surface area (TPSA) is 83.6 Å². The van der Waals surface area contributed by atoms with Gasteiger partial charge in [-0.25, -0.2) is 0 Å². The highest BCUT2D eigenvalue weighted by Crippen LogP contribution is 2.44. The fourth-order valence-corrected chi connectivity index (χ4v) is 5.80. The van der Waals surface area contributed by atoms with E-state index in [2.05, 4.69) is 42.4 Å². The van der Waals surface area contributed by atoms with E-state index in [0.717, 1.165) is 42.4 Å². The Hall–Kier alpha value is -1.85. The zero-order chi connectivity index (χ0) is 20.5. The molecule has 3 rings (SSSR count). The average molecular weight is 418 g/mol. The Morgan fingerprint density at radius 1 is 1.43 bits per heavy atom. The van der Waals surface area contributed by atoms with E-state index in [-0.39, 0.29) is 17.1 Å². The van der Waals surface area contributed by atoms with E-state index in [1.54, 1.807) is 11.3 Å². The van der Waals surface area contributed by atoms with E-state index >= 15 is 0 Å². The number of rotatable bonds is 5. The highest BCUT2D eigenvalue weighted by molar-refractivity contribution is 7.99. The average Bonchev–Trinajstić information content (AvgIpc) is 3.17. The Morgan fingerprint density at radius 2 is 2.18 bits per heavy atom. The van der Waals surface area contributed by atoms with Crippen molar-refractivity contribution in [2.45, 2.75) is 65.6 Å². The summed E-state index contributed by atoms with van der Waals surface area (Å²) in [5.74, 6) is 1.58. The molecule has 150 valence electrons. The molecule has 0 radical (unpaired) electrons. The van der Waals surface area contributed by atoms with Gasteiger partial charge in [-0.1, -0.05) is 32.5 Å². The number of carbonyl (C=O) groups excluding carboxylic acids is 1. The number of thioether (sulfide) groups is 1. The lowest BCUT2D eigenvalue weighted by Crippen LogP contribution is -2.26. The van der Waals surface area contributed by atoms with Crippen molar-refractivity contribution in [2.75, 3.05) is 11.1 Å². The van der Waals surface area contributed by atoms with Gasteiger partial charge >= 0.3 is 0 Å². The molecule has 0 unspecified atom stereocenters. The van der Waals surface area contributed by atoms with Crippen LogP contribution in [0.1, 0.15) is 55.9 Å².